The first-order chi connectivity index (χ1) is 7.50. The summed E-state index contributed by atoms with van der Waals surface area (Å²) in [4.78, 5) is 13.7. The van der Waals surface area contributed by atoms with Crippen molar-refractivity contribution < 1.29 is 20.1 Å². The summed E-state index contributed by atoms with van der Waals surface area (Å²) in [5.74, 6) is -1.28. The van der Waals surface area contributed by atoms with Gasteiger partial charge in [-0.1, -0.05) is 0 Å². The van der Waals surface area contributed by atoms with Crippen molar-refractivity contribution in [3.05, 3.63) is 29.5 Å². The van der Waals surface area contributed by atoms with Crippen LogP contribution in [0.3, 0.4) is 0 Å². The van der Waals surface area contributed by atoms with E-state index in [1.54, 1.807) is 13.0 Å². The highest BCUT2D eigenvalue weighted by atomic mass is 16.4. The molecule has 0 radical (unpaired) electrons. The lowest BCUT2D eigenvalue weighted by molar-refractivity contribution is -0.146. The number of nitrogens with one attached hydrogen (secondary N) is 1. The Balaban J connectivity index is 2.72. The molecule has 0 saturated heterocycles. The van der Waals surface area contributed by atoms with Crippen LogP contribution in [0.1, 0.15) is 17.4 Å². The first-order valence-corrected chi connectivity index (χ1v) is 4.72. The minimum atomic E-state index is -1.59. The third kappa shape index (κ3) is 1.51. The fourth-order valence-corrected chi connectivity index (χ4v) is 1.81. The van der Waals surface area contributed by atoms with Crippen molar-refractivity contribution in [2.75, 3.05) is 0 Å². The maximum absolute atomic E-state index is 10.8. The molecule has 0 spiro atoms. The summed E-state index contributed by atoms with van der Waals surface area (Å²) in [5.41, 5.74) is 1.56. The molecule has 1 unspecified atom stereocenters. The van der Waals surface area contributed by atoms with Crippen LogP contribution in [0.15, 0.2) is 18.2 Å². The quantitative estimate of drug-likeness (QED) is 0.614. The number of fused-ring (bicyclic) bond motifs is 1. The Hall–Kier alpha value is -2.01. The number of aromatic hydroxyl groups is 1. The van der Waals surface area contributed by atoms with Crippen LogP contribution in [-0.2, 0) is 4.79 Å². The highest BCUT2D eigenvalue weighted by molar-refractivity contribution is 5.90. The molecule has 84 valence electrons. The Morgan fingerprint density at radius 1 is 1.44 bits per heavy atom. The second kappa shape index (κ2) is 3.53. The molecule has 0 aliphatic rings. The molecule has 4 N–H and O–H groups in total. The zero-order chi connectivity index (χ0) is 11.9. The first kappa shape index (κ1) is 10.5. The third-order valence-electron chi connectivity index (χ3n) is 2.53. The summed E-state index contributed by atoms with van der Waals surface area (Å²) in [7, 11) is 0. The van der Waals surface area contributed by atoms with Gasteiger partial charge in [0.2, 0.25) is 0 Å². The molecule has 1 aromatic heterocycles. The van der Waals surface area contributed by atoms with E-state index in [9.17, 15) is 15.0 Å². The van der Waals surface area contributed by atoms with E-state index in [-0.39, 0.29) is 5.75 Å². The number of carboxylic acids is 1. The molecular formula is C11H11NO4. The number of carbonyl (C=O) groups is 1. The maximum Gasteiger partial charge on any atom is 0.337 e. The smallest absolute Gasteiger partial charge is 0.337 e. The summed E-state index contributed by atoms with van der Waals surface area (Å²) in [6, 6.07) is 4.56. The molecule has 0 saturated carbocycles. The Morgan fingerprint density at radius 3 is 2.75 bits per heavy atom. The first-order valence-electron chi connectivity index (χ1n) is 4.72. The van der Waals surface area contributed by atoms with E-state index in [4.69, 9.17) is 5.11 Å². The predicted octanol–water partition coefficient (Wildman–Crippen LogP) is 1.30. The molecule has 0 amide bonds. The number of H-pyrrole nitrogens is 1. The molecule has 0 aliphatic heterocycles. The van der Waals surface area contributed by atoms with E-state index < -0.39 is 12.1 Å². The number of aliphatic carboxylic acids is 1. The van der Waals surface area contributed by atoms with Crippen LogP contribution in [0.2, 0.25) is 0 Å². The minimum absolute atomic E-state index is 0.0327. The number of carboxylic acid groups (broad SMARTS) is 1. The van der Waals surface area contributed by atoms with Crippen LogP contribution in [0, 0.1) is 6.92 Å². The molecule has 5 heteroatoms. The topological polar surface area (TPSA) is 93.5 Å². The van der Waals surface area contributed by atoms with Gasteiger partial charge in [0.25, 0.3) is 0 Å². The summed E-state index contributed by atoms with van der Waals surface area (Å²) in [6.45, 7) is 1.68. The number of rotatable bonds is 2. The van der Waals surface area contributed by atoms with Gasteiger partial charge in [0, 0.05) is 22.2 Å². The van der Waals surface area contributed by atoms with Crippen molar-refractivity contribution in [2.24, 2.45) is 0 Å². The monoisotopic (exact) mass is 221 g/mol. The Kier molecular flexibility index (Phi) is 2.32. The van der Waals surface area contributed by atoms with E-state index >= 15 is 0 Å². The maximum atomic E-state index is 10.8. The molecule has 0 aliphatic carbocycles. The van der Waals surface area contributed by atoms with Gasteiger partial charge in [0.1, 0.15) is 5.75 Å². The number of aliphatic hydroxyl groups excluding tert-OH is 1. The number of aryl methyl sites for hydroxylation is 1. The Bertz CT molecular complexity index is 558. The van der Waals surface area contributed by atoms with Gasteiger partial charge in [-0.05, 0) is 25.1 Å². The normalized spacial score (nSPS) is 12.9. The van der Waals surface area contributed by atoms with Crippen molar-refractivity contribution in [1.82, 2.24) is 4.98 Å². The Morgan fingerprint density at radius 2 is 2.12 bits per heavy atom. The summed E-state index contributed by atoms with van der Waals surface area (Å²) < 4.78 is 0. The second-order valence-corrected chi connectivity index (χ2v) is 3.63. The standard InChI is InChI=1S/C11H11NO4/c1-5-9(10(14)11(15)16)7-4-6(13)2-3-8(7)12-5/h2-4,10,12-14H,1H3,(H,15,16). The van der Waals surface area contributed by atoms with Gasteiger partial charge in [-0.3, -0.25) is 0 Å². The van der Waals surface area contributed by atoms with Crippen molar-refractivity contribution in [3.63, 3.8) is 0 Å². The fourth-order valence-electron chi connectivity index (χ4n) is 1.81. The number of phenolic OH excluding ortho intramolecular Hbond substituents is 1. The molecule has 16 heavy (non-hydrogen) atoms. The third-order valence-corrected chi connectivity index (χ3v) is 2.53. The summed E-state index contributed by atoms with van der Waals surface area (Å²) in [5, 5.41) is 28.2. The molecule has 1 aromatic carbocycles. The molecule has 2 aromatic rings. The fraction of sp³-hybridized carbons (Fsp3) is 0.182. The van der Waals surface area contributed by atoms with Crippen molar-refractivity contribution in [1.29, 1.82) is 0 Å². The van der Waals surface area contributed by atoms with Crippen LogP contribution in [-0.4, -0.2) is 26.3 Å². The van der Waals surface area contributed by atoms with E-state index in [1.165, 1.54) is 12.1 Å². The van der Waals surface area contributed by atoms with Gasteiger partial charge in [0.15, 0.2) is 6.10 Å². The molecule has 2 rings (SSSR count). The van der Waals surface area contributed by atoms with E-state index in [0.29, 0.717) is 22.2 Å². The second-order valence-electron chi connectivity index (χ2n) is 3.63. The predicted molar refractivity (Wildman–Crippen MR) is 57.3 cm³/mol. The van der Waals surface area contributed by atoms with Gasteiger partial charge in [0.05, 0.1) is 0 Å². The van der Waals surface area contributed by atoms with Crippen LogP contribution in [0.5, 0.6) is 5.75 Å². The lowest BCUT2D eigenvalue weighted by Crippen LogP contribution is -2.11. The average Bonchev–Trinajstić information content (AvgIpc) is 2.52. The van der Waals surface area contributed by atoms with E-state index in [1.807, 2.05) is 0 Å². The van der Waals surface area contributed by atoms with Crippen molar-refractivity contribution in [3.8, 4) is 5.75 Å². The van der Waals surface area contributed by atoms with Crippen LogP contribution < -0.4 is 0 Å². The molecule has 1 atom stereocenters. The molecule has 0 bridgehead atoms. The average molecular weight is 221 g/mol. The number of hydrogen-bond acceptors (Lipinski definition) is 3. The lowest BCUT2D eigenvalue weighted by atomic mass is 10.1. The molecule has 0 fully saturated rings. The lowest BCUT2D eigenvalue weighted by Gasteiger charge is -2.05. The number of aliphatic hydroxyl groups is 1. The van der Waals surface area contributed by atoms with E-state index in [0.717, 1.165) is 0 Å². The van der Waals surface area contributed by atoms with Crippen molar-refractivity contribution in [2.45, 2.75) is 13.0 Å². The number of aromatic amines is 1. The Labute approximate surface area is 91.0 Å². The molecule has 5 nitrogen and oxygen atoms in total. The van der Waals surface area contributed by atoms with E-state index in [2.05, 4.69) is 4.98 Å². The van der Waals surface area contributed by atoms with Crippen LogP contribution >= 0.6 is 0 Å². The van der Waals surface area contributed by atoms with Gasteiger partial charge < -0.3 is 20.3 Å². The number of benzene rings is 1. The number of aromatic nitrogens is 1. The van der Waals surface area contributed by atoms with Gasteiger partial charge in [-0.25, -0.2) is 4.79 Å². The molecule has 1 heterocycles. The van der Waals surface area contributed by atoms with Gasteiger partial charge >= 0.3 is 5.97 Å². The zero-order valence-corrected chi connectivity index (χ0v) is 8.56. The zero-order valence-electron chi connectivity index (χ0n) is 8.56. The minimum Gasteiger partial charge on any atom is -0.508 e. The van der Waals surface area contributed by atoms with Gasteiger partial charge in [-0.2, -0.15) is 0 Å². The molecular weight excluding hydrogens is 210 g/mol. The summed E-state index contributed by atoms with van der Waals surface area (Å²) >= 11 is 0. The van der Waals surface area contributed by atoms with Crippen LogP contribution in [0.25, 0.3) is 10.9 Å². The van der Waals surface area contributed by atoms with Gasteiger partial charge in [-0.15, -0.1) is 0 Å². The highest BCUT2D eigenvalue weighted by Crippen LogP contribution is 2.30. The number of phenols is 1. The highest BCUT2D eigenvalue weighted by Gasteiger charge is 2.22. The summed E-state index contributed by atoms with van der Waals surface area (Å²) in [6.07, 6.45) is -1.59. The largest absolute Gasteiger partial charge is 0.508 e. The van der Waals surface area contributed by atoms with Crippen molar-refractivity contribution >= 4 is 16.9 Å². The number of hydrogen-bond donors (Lipinski definition) is 4. The van der Waals surface area contributed by atoms with Crippen LogP contribution in [0.4, 0.5) is 0 Å². The SMILES string of the molecule is Cc1[nH]c2ccc(O)cc2c1C(O)C(=O)O.